The summed E-state index contributed by atoms with van der Waals surface area (Å²) < 4.78 is 5.79. The Labute approximate surface area is 127 Å². The van der Waals surface area contributed by atoms with E-state index in [1.165, 1.54) is 22.3 Å². The van der Waals surface area contributed by atoms with Gasteiger partial charge in [-0.3, -0.25) is 0 Å². The molecule has 0 bridgehead atoms. The number of benzene rings is 2. The van der Waals surface area contributed by atoms with Gasteiger partial charge >= 0.3 is 0 Å². The molecule has 2 heteroatoms. The zero-order valence-electron chi connectivity index (χ0n) is 13.0. The number of fused-ring (bicyclic) bond motifs is 1. The molecular formula is C19H23NO. The number of ether oxygens (including phenoxy) is 1. The smallest absolute Gasteiger partial charge is 0.123 e. The van der Waals surface area contributed by atoms with Crippen LogP contribution in [0.3, 0.4) is 0 Å². The summed E-state index contributed by atoms with van der Waals surface area (Å²) in [4.78, 5) is 0. The van der Waals surface area contributed by atoms with Crippen molar-refractivity contribution in [3.05, 3.63) is 64.7 Å². The van der Waals surface area contributed by atoms with E-state index in [2.05, 4.69) is 61.6 Å². The van der Waals surface area contributed by atoms with Crippen molar-refractivity contribution in [1.82, 2.24) is 5.32 Å². The Morgan fingerprint density at radius 1 is 1.14 bits per heavy atom. The van der Waals surface area contributed by atoms with Crippen LogP contribution in [0.15, 0.2) is 42.5 Å². The minimum atomic E-state index is 0.233. The van der Waals surface area contributed by atoms with Crippen molar-refractivity contribution < 1.29 is 4.74 Å². The minimum Gasteiger partial charge on any atom is -0.490 e. The highest BCUT2D eigenvalue weighted by molar-refractivity contribution is 5.44. The van der Waals surface area contributed by atoms with E-state index in [9.17, 15) is 0 Å². The lowest BCUT2D eigenvalue weighted by atomic mass is 9.95. The normalized spacial score (nSPS) is 18.1. The van der Waals surface area contributed by atoms with E-state index >= 15 is 0 Å². The Bertz CT molecular complexity index is 618. The molecule has 1 N–H and O–H groups in total. The summed E-state index contributed by atoms with van der Waals surface area (Å²) in [5.74, 6) is 1.04. The SMILES string of the molecule is CCc1ccc(C(NC)c2ccc3c(c2)CC(C)O3)cc1. The van der Waals surface area contributed by atoms with Gasteiger partial charge in [-0.1, -0.05) is 43.3 Å². The first-order chi connectivity index (χ1) is 10.2. The third-order valence-corrected chi connectivity index (χ3v) is 4.26. The summed E-state index contributed by atoms with van der Waals surface area (Å²) in [6, 6.07) is 15.7. The molecule has 0 radical (unpaired) electrons. The molecule has 2 unspecified atom stereocenters. The van der Waals surface area contributed by atoms with Gasteiger partial charge in [0.15, 0.2) is 0 Å². The molecule has 0 aromatic heterocycles. The molecule has 1 aliphatic heterocycles. The van der Waals surface area contributed by atoms with Gasteiger partial charge in [-0.25, -0.2) is 0 Å². The predicted molar refractivity (Wildman–Crippen MR) is 87.0 cm³/mol. The largest absolute Gasteiger partial charge is 0.490 e. The van der Waals surface area contributed by atoms with Crippen LogP contribution in [0.2, 0.25) is 0 Å². The standard InChI is InChI=1S/C19H23NO/c1-4-14-5-7-15(8-6-14)19(20-3)16-9-10-18-17(12-16)11-13(2)21-18/h5-10,12-13,19-20H,4,11H2,1-3H3. The highest BCUT2D eigenvalue weighted by Gasteiger charge is 2.21. The lowest BCUT2D eigenvalue weighted by molar-refractivity contribution is 0.254. The van der Waals surface area contributed by atoms with Crippen LogP contribution in [-0.4, -0.2) is 13.2 Å². The van der Waals surface area contributed by atoms with Crippen LogP contribution >= 0.6 is 0 Å². The molecule has 3 rings (SSSR count). The van der Waals surface area contributed by atoms with E-state index in [4.69, 9.17) is 4.74 Å². The summed E-state index contributed by atoms with van der Waals surface area (Å²) in [7, 11) is 2.02. The van der Waals surface area contributed by atoms with Crippen LogP contribution in [-0.2, 0) is 12.8 Å². The Hall–Kier alpha value is -1.80. The number of nitrogens with one attached hydrogen (secondary N) is 1. The average molecular weight is 281 g/mol. The van der Waals surface area contributed by atoms with Gasteiger partial charge in [-0.15, -0.1) is 0 Å². The van der Waals surface area contributed by atoms with Gasteiger partial charge in [0.25, 0.3) is 0 Å². The molecule has 1 aliphatic rings. The summed E-state index contributed by atoms with van der Waals surface area (Å²) in [5, 5.41) is 3.43. The highest BCUT2D eigenvalue weighted by atomic mass is 16.5. The maximum Gasteiger partial charge on any atom is 0.123 e. The van der Waals surface area contributed by atoms with Crippen molar-refractivity contribution in [1.29, 1.82) is 0 Å². The third kappa shape index (κ3) is 2.81. The van der Waals surface area contributed by atoms with Crippen LogP contribution < -0.4 is 10.1 Å². The van der Waals surface area contributed by atoms with Crippen molar-refractivity contribution in [2.75, 3.05) is 7.05 Å². The van der Waals surface area contributed by atoms with Gasteiger partial charge in [0, 0.05) is 6.42 Å². The topological polar surface area (TPSA) is 21.3 Å². The molecule has 0 saturated heterocycles. The zero-order chi connectivity index (χ0) is 14.8. The molecule has 0 amide bonds. The minimum absolute atomic E-state index is 0.233. The fourth-order valence-corrected chi connectivity index (χ4v) is 3.09. The molecule has 2 aromatic carbocycles. The van der Waals surface area contributed by atoms with E-state index in [0.717, 1.165) is 18.6 Å². The van der Waals surface area contributed by atoms with Crippen LogP contribution in [0.5, 0.6) is 5.75 Å². The molecule has 2 atom stereocenters. The van der Waals surface area contributed by atoms with Crippen LogP contribution in [0.1, 0.15) is 42.1 Å². The molecule has 2 aromatic rings. The quantitative estimate of drug-likeness (QED) is 0.918. The second-order valence-corrected chi connectivity index (χ2v) is 5.82. The van der Waals surface area contributed by atoms with Crippen molar-refractivity contribution >= 4 is 0 Å². The molecule has 110 valence electrons. The van der Waals surface area contributed by atoms with Crippen molar-refractivity contribution in [2.24, 2.45) is 0 Å². The maximum absolute atomic E-state index is 5.79. The van der Waals surface area contributed by atoms with Gasteiger partial charge in [-0.05, 0) is 48.7 Å². The van der Waals surface area contributed by atoms with Gasteiger partial charge in [0.2, 0.25) is 0 Å². The summed E-state index contributed by atoms with van der Waals surface area (Å²) in [5.41, 5.74) is 5.31. The molecule has 21 heavy (non-hydrogen) atoms. The van der Waals surface area contributed by atoms with E-state index in [1.807, 2.05) is 7.05 Å². The molecular weight excluding hydrogens is 258 g/mol. The molecule has 0 saturated carbocycles. The van der Waals surface area contributed by atoms with Crippen LogP contribution in [0.25, 0.3) is 0 Å². The lowest BCUT2D eigenvalue weighted by Crippen LogP contribution is -2.17. The first-order valence-electron chi connectivity index (χ1n) is 7.77. The maximum atomic E-state index is 5.79. The first kappa shape index (κ1) is 14.2. The molecule has 1 heterocycles. The van der Waals surface area contributed by atoms with Gasteiger partial charge in [0.05, 0.1) is 6.04 Å². The number of hydrogen-bond donors (Lipinski definition) is 1. The van der Waals surface area contributed by atoms with Gasteiger partial charge < -0.3 is 10.1 Å². The first-order valence-corrected chi connectivity index (χ1v) is 7.77. The van der Waals surface area contributed by atoms with Crippen molar-refractivity contribution in [3.63, 3.8) is 0 Å². The number of hydrogen-bond acceptors (Lipinski definition) is 2. The number of rotatable bonds is 4. The molecule has 0 fully saturated rings. The Balaban J connectivity index is 1.91. The van der Waals surface area contributed by atoms with E-state index in [-0.39, 0.29) is 6.04 Å². The summed E-state index contributed by atoms with van der Waals surface area (Å²) in [6.07, 6.45) is 2.39. The summed E-state index contributed by atoms with van der Waals surface area (Å²) in [6.45, 7) is 4.31. The van der Waals surface area contributed by atoms with E-state index in [1.54, 1.807) is 0 Å². The Kier molecular flexibility index (Phi) is 3.98. The van der Waals surface area contributed by atoms with E-state index < -0.39 is 0 Å². The number of aryl methyl sites for hydroxylation is 1. The van der Waals surface area contributed by atoms with E-state index in [0.29, 0.717) is 6.10 Å². The Morgan fingerprint density at radius 2 is 1.86 bits per heavy atom. The Morgan fingerprint density at radius 3 is 2.52 bits per heavy atom. The predicted octanol–water partition coefficient (Wildman–Crippen LogP) is 3.88. The molecule has 2 nitrogen and oxygen atoms in total. The fourth-order valence-electron chi connectivity index (χ4n) is 3.09. The van der Waals surface area contributed by atoms with Crippen LogP contribution in [0, 0.1) is 0 Å². The van der Waals surface area contributed by atoms with Crippen molar-refractivity contribution in [3.8, 4) is 5.75 Å². The summed E-state index contributed by atoms with van der Waals surface area (Å²) >= 11 is 0. The second kappa shape index (κ2) is 5.90. The highest BCUT2D eigenvalue weighted by Crippen LogP contribution is 2.32. The third-order valence-electron chi connectivity index (χ3n) is 4.26. The fraction of sp³-hybridized carbons (Fsp3) is 0.368. The van der Waals surface area contributed by atoms with Crippen LogP contribution in [0.4, 0.5) is 0 Å². The van der Waals surface area contributed by atoms with Crippen molar-refractivity contribution in [2.45, 2.75) is 38.8 Å². The average Bonchev–Trinajstić information content (AvgIpc) is 2.88. The zero-order valence-corrected chi connectivity index (χ0v) is 13.0. The lowest BCUT2D eigenvalue weighted by Gasteiger charge is -2.18. The second-order valence-electron chi connectivity index (χ2n) is 5.82. The monoisotopic (exact) mass is 281 g/mol. The van der Waals surface area contributed by atoms with Gasteiger partial charge in [-0.2, -0.15) is 0 Å². The molecule has 0 spiro atoms. The van der Waals surface area contributed by atoms with Gasteiger partial charge in [0.1, 0.15) is 11.9 Å². The molecule has 0 aliphatic carbocycles.